The van der Waals surface area contributed by atoms with Crippen molar-refractivity contribution in [3.05, 3.63) is 47.9 Å². The van der Waals surface area contributed by atoms with Crippen LogP contribution in [-0.2, 0) is 17.9 Å². The number of benzene rings is 1. The molecule has 0 atom stereocenters. The van der Waals surface area contributed by atoms with E-state index >= 15 is 0 Å². The normalized spacial score (nSPS) is 10.8. The molecule has 7 heteroatoms. The average molecular weight is 271 g/mol. The van der Waals surface area contributed by atoms with Crippen LogP contribution >= 0.6 is 0 Å². The summed E-state index contributed by atoms with van der Waals surface area (Å²) >= 11 is 0. The number of methoxy groups -OCH3 is 1. The van der Waals surface area contributed by atoms with Crippen LogP contribution in [0, 0.1) is 0 Å². The molecule has 3 aromatic rings. The Hall–Kier alpha value is -2.54. The number of rotatable bonds is 5. The summed E-state index contributed by atoms with van der Waals surface area (Å²) in [5, 5.41) is 11.9. The molecule has 1 aromatic carbocycles. The van der Waals surface area contributed by atoms with Gasteiger partial charge in [0.15, 0.2) is 11.5 Å². The molecule has 2 heterocycles. The molecule has 0 unspecified atom stereocenters. The number of aromatic nitrogens is 5. The van der Waals surface area contributed by atoms with Crippen molar-refractivity contribution < 1.29 is 9.26 Å². The largest absolute Gasteiger partial charge is 0.377 e. The lowest BCUT2D eigenvalue weighted by Gasteiger charge is -1.98. The van der Waals surface area contributed by atoms with Crippen LogP contribution in [0.4, 0.5) is 0 Å². The molecule has 0 amide bonds. The van der Waals surface area contributed by atoms with Gasteiger partial charge in [-0.05, 0) is 5.56 Å². The van der Waals surface area contributed by atoms with E-state index in [0.717, 1.165) is 5.56 Å². The van der Waals surface area contributed by atoms with Gasteiger partial charge in [-0.2, -0.15) is 4.98 Å². The van der Waals surface area contributed by atoms with Crippen molar-refractivity contribution in [1.29, 1.82) is 0 Å². The lowest BCUT2D eigenvalue weighted by atomic mass is 10.2. The van der Waals surface area contributed by atoms with Crippen LogP contribution in [0.1, 0.15) is 11.4 Å². The molecule has 7 nitrogen and oxygen atoms in total. The Morgan fingerprint density at radius 3 is 2.90 bits per heavy atom. The molecule has 0 aliphatic heterocycles. The highest BCUT2D eigenvalue weighted by Crippen LogP contribution is 2.14. The SMILES string of the molecule is COCc1noc(-c2cn(Cc3ccccc3)nn2)n1. The summed E-state index contributed by atoms with van der Waals surface area (Å²) in [4.78, 5) is 4.17. The fourth-order valence-electron chi connectivity index (χ4n) is 1.79. The molecule has 0 saturated carbocycles. The van der Waals surface area contributed by atoms with Gasteiger partial charge in [0.25, 0.3) is 5.89 Å². The maximum atomic E-state index is 5.11. The molecular weight excluding hydrogens is 258 g/mol. The molecule has 0 bridgehead atoms. The van der Waals surface area contributed by atoms with Gasteiger partial charge >= 0.3 is 0 Å². The van der Waals surface area contributed by atoms with Crippen LogP contribution in [0.5, 0.6) is 0 Å². The lowest BCUT2D eigenvalue weighted by Crippen LogP contribution is -1.99. The minimum absolute atomic E-state index is 0.307. The van der Waals surface area contributed by atoms with Gasteiger partial charge in [0, 0.05) is 7.11 Å². The Morgan fingerprint density at radius 1 is 1.25 bits per heavy atom. The van der Waals surface area contributed by atoms with Crippen molar-refractivity contribution in [2.24, 2.45) is 0 Å². The smallest absolute Gasteiger partial charge is 0.280 e. The van der Waals surface area contributed by atoms with Gasteiger partial charge in [-0.25, -0.2) is 4.68 Å². The lowest BCUT2D eigenvalue weighted by molar-refractivity contribution is 0.174. The first-order valence-electron chi connectivity index (χ1n) is 6.11. The van der Waals surface area contributed by atoms with Gasteiger partial charge < -0.3 is 9.26 Å². The predicted molar refractivity (Wildman–Crippen MR) is 69.6 cm³/mol. The van der Waals surface area contributed by atoms with Gasteiger partial charge in [0.1, 0.15) is 6.61 Å². The molecule has 20 heavy (non-hydrogen) atoms. The van der Waals surface area contributed by atoms with Crippen molar-refractivity contribution in [3.63, 3.8) is 0 Å². The highest BCUT2D eigenvalue weighted by Gasteiger charge is 2.12. The molecule has 3 rings (SSSR count). The molecule has 0 aliphatic carbocycles. The molecule has 0 aliphatic rings. The second kappa shape index (κ2) is 5.62. The maximum Gasteiger partial charge on any atom is 0.280 e. The Labute approximate surface area is 115 Å². The van der Waals surface area contributed by atoms with Gasteiger partial charge in [-0.3, -0.25) is 0 Å². The number of nitrogens with zero attached hydrogens (tertiary/aromatic N) is 5. The standard InChI is InChI=1S/C13H13N5O2/c1-19-9-12-14-13(20-16-12)11-8-18(17-15-11)7-10-5-3-2-4-6-10/h2-6,8H,7,9H2,1H3. The summed E-state index contributed by atoms with van der Waals surface area (Å²) in [5.74, 6) is 0.830. The van der Waals surface area contributed by atoms with E-state index in [0.29, 0.717) is 30.6 Å². The topological polar surface area (TPSA) is 78.9 Å². The van der Waals surface area contributed by atoms with Crippen LogP contribution in [0.2, 0.25) is 0 Å². The molecule has 0 fully saturated rings. The molecule has 0 radical (unpaired) electrons. The van der Waals surface area contributed by atoms with Crippen LogP contribution < -0.4 is 0 Å². The van der Waals surface area contributed by atoms with Crippen molar-refractivity contribution in [2.45, 2.75) is 13.2 Å². The third-order valence-corrected chi connectivity index (χ3v) is 2.69. The second-order valence-electron chi connectivity index (χ2n) is 4.24. The quantitative estimate of drug-likeness (QED) is 0.700. The molecule has 0 saturated heterocycles. The molecule has 0 N–H and O–H groups in total. The van der Waals surface area contributed by atoms with E-state index in [1.807, 2.05) is 30.3 Å². The van der Waals surface area contributed by atoms with E-state index < -0.39 is 0 Å². The Kier molecular flexibility index (Phi) is 3.51. The summed E-state index contributed by atoms with van der Waals surface area (Å²) in [7, 11) is 1.58. The zero-order chi connectivity index (χ0) is 13.8. The first kappa shape index (κ1) is 12.5. The highest BCUT2D eigenvalue weighted by molar-refractivity contribution is 5.43. The second-order valence-corrected chi connectivity index (χ2v) is 4.24. The summed E-state index contributed by atoms with van der Waals surface area (Å²) in [6, 6.07) is 10.0. The Balaban J connectivity index is 1.76. The predicted octanol–water partition coefficient (Wildman–Crippen LogP) is 1.52. The summed E-state index contributed by atoms with van der Waals surface area (Å²) in [5.41, 5.74) is 1.70. The number of hydrogen-bond acceptors (Lipinski definition) is 6. The third kappa shape index (κ3) is 2.72. The first-order valence-corrected chi connectivity index (χ1v) is 6.11. The van der Waals surface area contributed by atoms with Crippen molar-refractivity contribution >= 4 is 0 Å². The van der Waals surface area contributed by atoms with Crippen molar-refractivity contribution in [1.82, 2.24) is 25.1 Å². The maximum absolute atomic E-state index is 5.11. The minimum atomic E-state index is 0.307. The van der Waals surface area contributed by atoms with Crippen LogP contribution in [0.15, 0.2) is 41.1 Å². The Bertz CT molecular complexity index is 677. The van der Waals surface area contributed by atoms with E-state index in [4.69, 9.17) is 9.26 Å². The molecule has 0 spiro atoms. The third-order valence-electron chi connectivity index (χ3n) is 2.69. The van der Waals surface area contributed by atoms with Crippen LogP contribution in [0.3, 0.4) is 0 Å². The number of hydrogen-bond donors (Lipinski definition) is 0. The van der Waals surface area contributed by atoms with Gasteiger partial charge in [0.05, 0.1) is 12.7 Å². The van der Waals surface area contributed by atoms with E-state index in [2.05, 4.69) is 20.5 Å². The fourth-order valence-corrected chi connectivity index (χ4v) is 1.79. The van der Waals surface area contributed by atoms with E-state index in [1.165, 1.54) is 0 Å². The zero-order valence-corrected chi connectivity index (χ0v) is 10.9. The molecule has 2 aromatic heterocycles. The van der Waals surface area contributed by atoms with E-state index in [1.54, 1.807) is 18.0 Å². The van der Waals surface area contributed by atoms with Gasteiger partial charge in [-0.15, -0.1) is 5.10 Å². The minimum Gasteiger partial charge on any atom is -0.377 e. The Morgan fingerprint density at radius 2 is 2.10 bits per heavy atom. The molecular formula is C13H13N5O2. The van der Waals surface area contributed by atoms with Crippen LogP contribution in [-0.4, -0.2) is 32.2 Å². The van der Waals surface area contributed by atoms with Crippen LogP contribution in [0.25, 0.3) is 11.6 Å². The summed E-state index contributed by atoms with van der Waals surface area (Å²) in [6.45, 7) is 0.953. The summed E-state index contributed by atoms with van der Waals surface area (Å²) < 4.78 is 11.8. The molecule has 102 valence electrons. The monoisotopic (exact) mass is 271 g/mol. The fraction of sp³-hybridized carbons (Fsp3) is 0.231. The van der Waals surface area contributed by atoms with E-state index in [9.17, 15) is 0 Å². The highest BCUT2D eigenvalue weighted by atomic mass is 16.5. The van der Waals surface area contributed by atoms with Gasteiger partial charge in [0.2, 0.25) is 0 Å². The van der Waals surface area contributed by atoms with Crippen molar-refractivity contribution in [3.8, 4) is 11.6 Å². The first-order chi connectivity index (χ1) is 9.85. The zero-order valence-electron chi connectivity index (χ0n) is 10.9. The average Bonchev–Trinajstić information content (AvgIpc) is 3.10. The van der Waals surface area contributed by atoms with Crippen molar-refractivity contribution in [2.75, 3.05) is 7.11 Å². The summed E-state index contributed by atoms with van der Waals surface area (Å²) in [6.07, 6.45) is 1.77. The number of ether oxygens (including phenoxy) is 1. The van der Waals surface area contributed by atoms with E-state index in [-0.39, 0.29) is 0 Å². The van der Waals surface area contributed by atoms with Gasteiger partial charge in [-0.1, -0.05) is 40.7 Å².